The van der Waals surface area contributed by atoms with Crippen molar-refractivity contribution in [2.24, 2.45) is 5.41 Å². The summed E-state index contributed by atoms with van der Waals surface area (Å²) in [5, 5.41) is 19.7. The lowest BCUT2D eigenvalue weighted by molar-refractivity contribution is -0.165. The molecule has 2 fully saturated rings. The van der Waals surface area contributed by atoms with Crippen LogP contribution in [0.15, 0.2) is 24.3 Å². The minimum atomic E-state index is -1.60. The molecular weight excluding hydrogens is 321 g/mol. The molecule has 2 atom stereocenters. The average molecular weight is 345 g/mol. The topological polar surface area (TPSA) is 70.3 Å². The Morgan fingerprint density at radius 2 is 1.88 bits per heavy atom. The summed E-state index contributed by atoms with van der Waals surface area (Å²) >= 11 is 0. The number of nitriles is 1. The van der Waals surface area contributed by atoms with Gasteiger partial charge in [0.25, 0.3) is 0 Å². The largest absolute Gasteiger partial charge is 0.480 e. The van der Waals surface area contributed by atoms with Gasteiger partial charge in [-0.2, -0.15) is 5.26 Å². The van der Waals surface area contributed by atoms with Gasteiger partial charge in [-0.1, -0.05) is 31.4 Å². The Labute approximate surface area is 147 Å². The molecule has 1 saturated carbocycles. The van der Waals surface area contributed by atoms with Gasteiger partial charge < -0.3 is 9.84 Å². The summed E-state index contributed by atoms with van der Waals surface area (Å²) in [6.07, 6.45) is 5.96. The van der Waals surface area contributed by atoms with Crippen LogP contribution in [0, 0.1) is 22.6 Å². The van der Waals surface area contributed by atoms with E-state index in [1.165, 1.54) is 19.1 Å². The van der Waals surface area contributed by atoms with E-state index in [2.05, 4.69) is 6.07 Å². The summed E-state index contributed by atoms with van der Waals surface area (Å²) in [5.74, 6) is -1.50. The minimum absolute atomic E-state index is 0.368. The van der Waals surface area contributed by atoms with E-state index < -0.39 is 16.8 Å². The summed E-state index contributed by atoms with van der Waals surface area (Å²) in [7, 11) is 0. The van der Waals surface area contributed by atoms with Gasteiger partial charge in [0.1, 0.15) is 5.82 Å². The molecule has 1 aliphatic heterocycles. The van der Waals surface area contributed by atoms with Gasteiger partial charge in [0.05, 0.1) is 11.7 Å². The molecular formula is C20H24FNO3. The van der Waals surface area contributed by atoms with Crippen LogP contribution >= 0.6 is 0 Å². The summed E-state index contributed by atoms with van der Waals surface area (Å²) in [6.45, 7) is 1.92. The summed E-state index contributed by atoms with van der Waals surface area (Å²) in [5.41, 5.74) is -2.15. The third kappa shape index (κ3) is 2.83. The van der Waals surface area contributed by atoms with Crippen molar-refractivity contribution in [3.63, 3.8) is 0 Å². The molecule has 5 heteroatoms. The molecule has 25 heavy (non-hydrogen) atoms. The highest BCUT2D eigenvalue weighted by Gasteiger charge is 2.60. The zero-order chi connectivity index (χ0) is 18.1. The van der Waals surface area contributed by atoms with Crippen LogP contribution in [0.25, 0.3) is 0 Å². The molecule has 1 N–H and O–H groups in total. The van der Waals surface area contributed by atoms with Crippen LogP contribution in [0.4, 0.5) is 4.39 Å². The molecule has 1 aromatic carbocycles. The lowest BCUT2D eigenvalue weighted by atomic mass is 9.53. The number of hydrogen-bond acceptors (Lipinski definition) is 3. The molecule has 134 valence electrons. The number of ether oxygens (including phenoxy) is 1. The summed E-state index contributed by atoms with van der Waals surface area (Å²) in [4.78, 5) is 12.1. The van der Waals surface area contributed by atoms with Crippen molar-refractivity contribution in [3.8, 4) is 6.07 Å². The first-order chi connectivity index (χ1) is 11.9. The predicted octanol–water partition coefficient (Wildman–Crippen LogP) is 4.19. The SMILES string of the molecule is CC(C#N)(C(=O)O)C1(c2ccc(F)cc2)CCOC2(CCCCC2)C1. The van der Waals surface area contributed by atoms with Crippen LogP contribution in [0.2, 0.25) is 0 Å². The van der Waals surface area contributed by atoms with Gasteiger partial charge in [0.2, 0.25) is 0 Å². The van der Waals surface area contributed by atoms with Crippen LogP contribution in [0.1, 0.15) is 57.4 Å². The van der Waals surface area contributed by atoms with E-state index in [-0.39, 0.29) is 11.4 Å². The highest BCUT2D eigenvalue weighted by Crippen LogP contribution is 2.55. The fourth-order valence-corrected chi connectivity index (χ4v) is 4.74. The van der Waals surface area contributed by atoms with Gasteiger partial charge in [0, 0.05) is 12.0 Å². The fourth-order valence-electron chi connectivity index (χ4n) is 4.74. The average Bonchev–Trinajstić information content (AvgIpc) is 2.62. The number of rotatable bonds is 3. The Balaban J connectivity index is 2.14. The van der Waals surface area contributed by atoms with Crippen molar-refractivity contribution in [1.82, 2.24) is 0 Å². The molecule has 2 unspecified atom stereocenters. The van der Waals surface area contributed by atoms with Crippen molar-refractivity contribution in [2.75, 3.05) is 6.61 Å². The number of carboxylic acids is 1. The maximum Gasteiger partial charge on any atom is 0.324 e. The minimum Gasteiger partial charge on any atom is -0.480 e. The van der Waals surface area contributed by atoms with Crippen LogP contribution in [0.5, 0.6) is 0 Å². The molecule has 4 nitrogen and oxygen atoms in total. The standard InChI is InChI=1S/C20H24FNO3/c1-18(14-22,17(23)24)20(15-5-7-16(21)8-6-15)11-12-25-19(13-20)9-3-2-4-10-19/h5-8H,2-4,9-13H2,1H3,(H,23,24). The van der Waals surface area contributed by atoms with Crippen LogP contribution in [-0.4, -0.2) is 23.3 Å². The molecule has 1 aliphatic carbocycles. The predicted molar refractivity (Wildman–Crippen MR) is 90.4 cm³/mol. The maximum atomic E-state index is 13.5. The normalized spacial score (nSPS) is 28.0. The van der Waals surface area contributed by atoms with Crippen LogP contribution < -0.4 is 0 Å². The van der Waals surface area contributed by atoms with Crippen molar-refractivity contribution in [3.05, 3.63) is 35.6 Å². The monoisotopic (exact) mass is 345 g/mol. The first-order valence-corrected chi connectivity index (χ1v) is 8.92. The van der Waals surface area contributed by atoms with Gasteiger partial charge >= 0.3 is 5.97 Å². The number of nitrogens with zero attached hydrogens (tertiary/aromatic N) is 1. The highest BCUT2D eigenvalue weighted by molar-refractivity contribution is 5.80. The molecule has 3 rings (SSSR count). The van der Waals surface area contributed by atoms with Crippen molar-refractivity contribution < 1.29 is 19.0 Å². The maximum absolute atomic E-state index is 13.5. The second-order valence-corrected chi connectivity index (χ2v) is 7.65. The number of hydrogen-bond donors (Lipinski definition) is 1. The van der Waals surface area contributed by atoms with E-state index in [1.807, 2.05) is 0 Å². The Morgan fingerprint density at radius 1 is 1.24 bits per heavy atom. The smallest absolute Gasteiger partial charge is 0.324 e. The van der Waals surface area contributed by atoms with E-state index in [9.17, 15) is 19.6 Å². The second-order valence-electron chi connectivity index (χ2n) is 7.65. The number of halogens is 1. The lowest BCUT2D eigenvalue weighted by Crippen LogP contribution is -2.57. The van der Waals surface area contributed by atoms with Gasteiger partial charge in [-0.25, -0.2) is 4.39 Å². The van der Waals surface area contributed by atoms with Crippen molar-refractivity contribution in [2.45, 2.75) is 62.9 Å². The van der Waals surface area contributed by atoms with E-state index in [4.69, 9.17) is 4.74 Å². The molecule has 1 saturated heterocycles. The second kappa shape index (κ2) is 6.42. The van der Waals surface area contributed by atoms with Crippen molar-refractivity contribution >= 4 is 5.97 Å². The quantitative estimate of drug-likeness (QED) is 0.891. The first-order valence-electron chi connectivity index (χ1n) is 8.92. The van der Waals surface area contributed by atoms with Crippen molar-refractivity contribution in [1.29, 1.82) is 5.26 Å². The molecule has 0 radical (unpaired) electrons. The number of benzene rings is 1. The van der Waals surface area contributed by atoms with Gasteiger partial charge in [-0.05, 0) is 50.3 Å². The van der Waals surface area contributed by atoms with Crippen LogP contribution in [-0.2, 0) is 14.9 Å². The van der Waals surface area contributed by atoms with E-state index >= 15 is 0 Å². The van der Waals surface area contributed by atoms with E-state index in [1.54, 1.807) is 12.1 Å². The van der Waals surface area contributed by atoms with Gasteiger partial charge in [-0.15, -0.1) is 0 Å². The molecule has 1 aromatic rings. The van der Waals surface area contributed by atoms with Crippen LogP contribution in [0.3, 0.4) is 0 Å². The lowest BCUT2D eigenvalue weighted by Gasteiger charge is -2.53. The first kappa shape index (κ1) is 17.9. The van der Waals surface area contributed by atoms with E-state index in [0.29, 0.717) is 25.0 Å². The summed E-state index contributed by atoms with van der Waals surface area (Å²) in [6, 6.07) is 8.04. The summed E-state index contributed by atoms with van der Waals surface area (Å²) < 4.78 is 19.6. The molecule has 0 bridgehead atoms. The molecule has 0 aromatic heterocycles. The number of carbonyl (C=O) groups is 1. The van der Waals surface area contributed by atoms with Gasteiger partial charge in [0.15, 0.2) is 5.41 Å². The Hall–Kier alpha value is -1.93. The molecule has 1 heterocycles. The Morgan fingerprint density at radius 3 is 2.44 bits per heavy atom. The Kier molecular flexibility index (Phi) is 4.59. The third-order valence-electron chi connectivity index (χ3n) is 6.33. The highest BCUT2D eigenvalue weighted by atomic mass is 19.1. The third-order valence-corrected chi connectivity index (χ3v) is 6.33. The molecule has 0 amide bonds. The molecule has 1 spiro atoms. The van der Waals surface area contributed by atoms with E-state index in [0.717, 1.165) is 32.1 Å². The number of carboxylic acid groups (broad SMARTS) is 1. The van der Waals surface area contributed by atoms with Gasteiger partial charge in [-0.3, -0.25) is 4.79 Å². The Bertz CT molecular complexity index is 684. The zero-order valence-corrected chi connectivity index (χ0v) is 14.6. The number of aliphatic carboxylic acids is 1. The fraction of sp³-hybridized carbons (Fsp3) is 0.600. The zero-order valence-electron chi connectivity index (χ0n) is 14.6. The molecule has 2 aliphatic rings.